The molecular weight excluding hydrogens is 262 g/mol. The first-order chi connectivity index (χ1) is 10.1. The van der Waals surface area contributed by atoms with E-state index in [1.54, 1.807) is 0 Å². The Morgan fingerprint density at radius 2 is 1.95 bits per heavy atom. The summed E-state index contributed by atoms with van der Waals surface area (Å²) in [5, 5.41) is 0. The van der Waals surface area contributed by atoms with Crippen molar-refractivity contribution in [3.05, 3.63) is 41.2 Å². The predicted octanol–water partition coefficient (Wildman–Crippen LogP) is 3.02. The van der Waals surface area contributed by atoms with Crippen LogP contribution in [0.4, 0.5) is 17.3 Å². The quantitative estimate of drug-likeness (QED) is 0.667. The largest absolute Gasteiger partial charge is 0.329 e. The van der Waals surface area contributed by atoms with Crippen LogP contribution in [0.25, 0.3) is 0 Å². The molecule has 0 aliphatic heterocycles. The Hall–Kier alpha value is -2.14. The summed E-state index contributed by atoms with van der Waals surface area (Å²) in [4.78, 5) is 11.2. The lowest BCUT2D eigenvalue weighted by molar-refractivity contribution is 0.913. The van der Waals surface area contributed by atoms with Gasteiger partial charge in [-0.15, -0.1) is 0 Å². The van der Waals surface area contributed by atoms with Gasteiger partial charge in [-0.1, -0.05) is 17.7 Å². The van der Waals surface area contributed by atoms with Crippen LogP contribution in [0.1, 0.15) is 35.7 Å². The Labute approximate surface area is 125 Å². The summed E-state index contributed by atoms with van der Waals surface area (Å²) in [5.74, 6) is 8.45. The first-order valence-corrected chi connectivity index (χ1v) is 7.25. The van der Waals surface area contributed by atoms with Crippen molar-refractivity contribution >= 4 is 17.3 Å². The fourth-order valence-corrected chi connectivity index (χ4v) is 2.53. The van der Waals surface area contributed by atoms with Crippen LogP contribution < -0.4 is 16.2 Å². The van der Waals surface area contributed by atoms with E-state index >= 15 is 0 Å². The Kier molecular flexibility index (Phi) is 3.51. The first kappa shape index (κ1) is 13.8. The number of aryl methyl sites for hydroxylation is 2. The molecule has 5 heteroatoms. The van der Waals surface area contributed by atoms with Crippen LogP contribution in [0.2, 0.25) is 0 Å². The summed E-state index contributed by atoms with van der Waals surface area (Å²) < 4.78 is 0. The van der Waals surface area contributed by atoms with Crippen LogP contribution in [0, 0.1) is 13.8 Å². The van der Waals surface area contributed by atoms with Gasteiger partial charge in [0.1, 0.15) is 17.5 Å². The normalized spacial score (nSPS) is 14.1. The van der Waals surface area contributed by atoms with Gasteiger partial charge in [-0.05, 0) is 38.3 Å². The summed E-state index contributed by atoms with van der Waals surface area (Å²) in [5.41, 5.74) is 6.27. The van der Waals surface area contributed by atoms with Gasteiger partial charge in [-0.25, -0.2) is 15.8 Å². The van der Waals surface area contributed by atoms with E-state index in [0.29, 0.717) is 11.7 Å². The molecule has 1 aliphatic carbocycles. The van der Waals surface area contributed by atoms with Gasteiger partial charge in [0.25, 0.3) is 0 Å². The standard InChI is InChI=1S/C16H21N5/c1-10-4-7-13(11(2)8-10)21(3)15-9-14(20-17)18-16(19-15)12-5-6-12/h4,7-9,12H,5-6,17H2,1-3H3,(H,18,19,20). The van der Waals surface area contributed by atoms with Crippen molar-refractivity contribution in [3.8, 4) is 0 Å². The lowest BCUT2D eigenvalue weighted by atomic mass is 10.1. The van der Waals surface area contributed by atoms with Crippen LogP contribution in [0.3, 0.4) is 0 Å². The molecule has 1 saturated carbocycles. The molecule has 21 heavy (non-hydrogen) atoms. The third-order valence-corrected chi connectivity index (χ3v) is 3.88. The van der Waals surface area contributed by atoms with Gasteiger partial charge in [0, 0.05) is 24.7 Å². The molecule has 0 saturated heterocycles. The van der Waals surface area contributed by atoms with E-state index in [0.717, 1.165) is 17.3 Å². The van der Waals surface area contributed by atoms with Crippen molar-refractivity contribution < 1.29 is 0 Å². The molecule has 0 unspecified atom stereocenters. The number of benzene rings is 1. The van der Waals surface area contributed by atoms with Gasteiger partial charge in [-0.2, -0.15) is 0 Å². The minimum atomic E-state index is 0.490. The maximum Gasteiger partial charge on any atom is 0.145 e. The molecule has 1 heterocycles. The summed E-state index contributed by atoms with van der Waals surface area (Å²) in [6.45, 7) is 4.22. The monoisotopic (exact) mass is 283 g/mol. The van der Waals surface area contributed by atoms with Crippen molar-refractivity contribution in [2.45, 2.75) is 32.6 Å². The van der Waals surface area contributed by atoms with Gasteiger partial charge in [0.05, 0.1) is 0 Å². The Balaban J connectivity index is 1.99. The summed E-state index contributed by atoms with van der Waals surface area (Å²) >= 11 is 0. The average molecular weight is 283 g/mol. The molecule has 1 aliphatic rings. The zero-order valence-corrected chi connectivity index (χ0v) is 12.7. The number of nitrogens with zero attached hydrogens (tertiary/aromatic N) is 3. The smallest absolute Gasteiger partial charge is 0.145 e. The fraction of sp³-hybridized carbons (Fsp3) is 0.375. The SMILES string of the molecule is Cc1ccc(N(C)c2cc(NN)nc(C3CC3)n2)c(C)c1. The molecule has 0 radical (unpaired) electrons. The van der Waals surface area contributed by atoms with E-state index in [9.17, 15) is 0 Å². The maximum atomic E-state index is 5.54. The Morgan fingerprint density at radius 3 is 2.57 bits per heavy atom. The highest BCUT2D eigenvalue weighted by Crippen LogP contribution is 2.39. The van der Waals surface area contributed by atoms with E-state index < -0.39 is 0 Å². The zero-order chi connectivity index (χ0) is 15.0. The highest BCUT2D eigenvalue weighted by Gasteiger charge is 2.28. The number of hydrogen-bond donors (Lipinski definition) is 2. The molecule has 0 atom stereocenters. The topological polar surface area (TPSA) is 67.1 Å². The average Bonchev–Trinajstić information content (AvgIpc) is 3.30. The van der Waals surface area contributed by atoms with Crippen LogP contribution in [0.5, 0.6) is 0 Å². The molecule has 110 valence electrons. The third kappa shape index (κ3) is 2.83. The van der Waals surface area contributed by atoms with Crippen LogP contribution in [-0.4, -0.2) is 17.0 Å². The predicted molar refractivity (Wildman–Crippen MR) is 85.8 cm³/mol. The van der Waals surface area contributed by atoms with Gasteiger partial charge >= 0.3 is 0 Å². The van der Waals surface area contributed by atoms with Crippen molar-refractivity contribution in [3.63, 3.8) is 0 Å². The first-order valence-electron chi connectivity index (χ1n) is 7.25. The second-order valence-corrected chi connectivity index (χ2v) is 5.74. The van der Waals surface area contributed by atoms with Crippen molar-refractivity contribution in [2.24, 2.45) is 5.84 Å². The van der Waals surface area contributed by atoms with Crippen molar-refractivity contribution in [2.75, 3.05) is 17.4 Å². The number of nitrogens with one attached hydrogen (secondary N) is 1. The summed E-state index contributed by atoms with van der Waals surface area (Å²) in [7, 11) is 2.02. The molecular formula is C16H21N5. The Bertz CT molecular complexity index is 664. The van der Waals surface area contributed by atoms with Crippen molar-refractivity contribution in [1.82, 2.24) is 9.97 Å². The molecule has 2 aromatic rings. The van der Waals surface area contributed by atoms with E-state index in [2.05, 4.69) is 47.4 Å². The van der Waals surface area contributed by atoms with Gasteiger partial charge in [0.15, 0.2) is 0 Å². The third-order valence-electron chi connectivity index (χ3n) is 3.88. The highest BCUT2D eigenvalue weighted by atomic mass is 15.3. The van der Waals surface area contributed by atoms with E-state index in [-0.39, 0.29) is 0 Å². The molecule has 1 fully saturated rings. The molecule has 0 amide bonds. The summed E-state index contributed by atoms with van der Waals surface area (Å²) in [6, 6.07) is 8.30. The number of aromatic nitrogens is 2. The van der Waals surface area contributed by atoms with Crippen LogP contribution in [-0.2, 0) is 0 Å². The minimum absolute atomic E-state index is 0.490. The van der Waals surface area contributed by atoms with Crippen molar-refractivity contribution in [1.29, 1.82) is 0 Å². The van der Waals surface area contributed by atoms with Gasteiger partial charge in [0.2, 0.25) is 0 Å². The second kappa shape index (κ2) is 5.33. The lowest BCUT2D eigenvalue weighted by Crippen LogP contribution is -2.16. The zero-order valence-electron chi connectivity index (χ0n) is 12.7. The molecule has 5 nitrogen and oxygen atoms in total. The second-order valence-electron chi connectivity index (χ2n) is 5.74. The summed E-state index contributed by atoms with van der Waals surface area (Å²) in [6.07, 6.45) is 2.33. The van der Waals surface area contributed by atoms with E-state index in [1.807, 2.05) is 13.1 Å². The van der Waals surface area contributed by atoms with E-state index in [1.165, 1.54) is 24.0 Å². The number of anilines is 3. The number of hydrazine groups is 1. The number of rotatable bonds is 4. The minimum Gasteiger partial charge on any atom is -0.329 e. The van der Waals surface area contributed by atoms with Crippen LogP contribution >= 0.6 is 0 Å². The number of nitrogens with two attached hydrogens (primary N) is 1. The maximum absolute atomic E-state index is 5.54. The van der Waals surface area contributed by atoms with E-state index in [4.69, 9.17) is 10.8 Å². The molecule has 1 aromatic heterocycles. The Morgan fingerprint density at radius 1 is 1.19 bits per heavy atom. The number of hydrogen-bond acceptors (Lipinski definition) is 5. The van der Waals surface area contributed by atoms with Crippen LogP contribution in [0.15, 0.2) is 24.3 Å². The highest BCUT2D eigenvalue weighted by molar-refractivity contribution is 5.65. The lowest BCUT2D eigenvalue weighted by Gasteiger charge is -2.22. The van der Waals surface area contributed by atoms with Gasteiger partial charge in [-0.3, -0.25) is 0 Å². The molecule has 3 rings (SSSR count). The molecule has 0 spiro atoms. The fourth-order valence-electron chi connectivity index (χ4n) is 2.53. The van der Waals surface area contributed by atoms with Gasteiger partial charge < -0.3 is 10.3 Å². The number of nitrogen functional groups attached to an aromatic ring is 1. The molecule has 0 bridgehead atoms. The molecule has 3 N–H and O–H groups in total. The molecule has 1 aromatic carbocycles.